The average molecular weight is 389 g/mol. The quantitative estimate of drug-likeness (QED) is 0.542. The summed E-state index contributed by atoms with van der Waals surface area (Å²) < 4.78 is 46.5. The molecule has 0 amide bonds. The van der Waals surface area contributed by atoms with Crippen molar-refractivity contribution in [1.82, 2.24) is 10.2 Å². The van der Waals surface area contributed by atoms with Gasteiger partial charge in [-0.3, -0.25) is 0 Å². The minimum atomic E-state index is -3.13. The molecule has 6 nitrogen and oxygen atoms in total. The highest BCUT2D eigenvalue weighted by Crippen LogP contribution is 2.21. The van der Waals surface area contributed by atoms with E-state index < -0.39 is 31.1 Å². The maximum Gasteiger partial charge on any atom is 0.169 e. The minimum absolute atomic E-state index is 0.0375. The van der Waals surface area contributed by atoms with Crippen molar-refractivity contribution < 1.29 is 16.8 Å². The maximum atomic E-state index is 11.7. The molecule has 0 aliphatic carbocycles. The summed E-state index contributed by atoms with van der Waals surface area (Å²) in [7, 11) is -6.13. The van der Waals surface area contributed by atoms with Crippen LogP contribution in [-0.2, 0) is 19.7 Å². The third kappa shape index (κ3) is 4.46. The zero-order chi connectivity index (χ0) is 16.5. The van der Waals surface area contributed by atoms with Gasteiger partial charge < -0.3 is 10.2 Å². The number of hydrogen-bond acceptors (Lipinski definition) is 5. The number of hydrogen-bond donors (Lipinski definition) is 1. The molecule has 0 radical (unpaired) electrons. The first-order chi connectivity index (χ1) is 10.1. The molecule has 0 aromatic carbocycles. The lowest BCUT2D eigenvalue weighted by Crippen LogP contribution is -2.51. The number of nitrogens with one attached hydrogen (secondary N) is 1. The van der Waals surface area contributed by atoms with Gasteiger partial charge in [-0.15, -0.1) is 11.6 Å². The molecule has 0 aromatic heterocycles. The van der Waals surface area contributed by atoms with Crippen molar-refractivity contribution in [2.45, 2.75) is 37.2 Å². The SMILES string of the molecule is CCCN(C(=S)NC1CS(=O)(=O)CC1Cl)C1CCS(=O)(=O)C1. The summed E-state index contributed by atoms with van der Waals surface area (Å²) in [5.74, 6) is 0.184. The largest absolute Gasteiger partial charge is 0.357 e. The van der Waals surface area contributed by atoms with Crippen molar-refractivity contribution in [2.24, 2.45) is 0 Å². The Balaban J connectivity index is 2.04. The molecule has 1 N–H and O–H groups in total. The van der Waals surface area contributed by atoms with Crippen molar-refractivity contribution >= 4 is 48.6 Å². The van der Waals surface area contributed by atoms with Crippen molar-refractivity contribution in [3.05, 3.63) is 0 Å². The lowest BCUT2D eigenvalue weighted by Gasteiger charge is -2.32. The predicted octanol–water partition coefficient (Wildman–Crippen LogP) is 0.164. The van der Waals surface area contributed by atoms with Crippen molar-refractivity contribution in [3.63, 3.8) is 0 Å². The molecule has 0 aromatic rings. The number of rotatable bonds is 4. The van der Waals surface area contributed by atoms with Crippen molar-refractivity contribution in [2.75, 3.05) is 29.6 Å². The van der Waals surface area contributed by atoms with Gasteiger partial charge in [-0.2, -0.15) is 0 Å². The Hall–Kier alpha value is -0.120. The molecule has 2 aliphatic rings. The smallest absolute Gasteiger partial charge is 0.169 e. The molecule has 10 heteroatoms. The standard InChI is InChI=1S/C12H21ClN2O4S3/c1-2-4-15(9-3-5-21(16,17)6-9)12(20)14-11-8-22(18,19)7-10(11)13/h9-11H,2-8H2,1H3,(H,14,20). The van der Waals surface area contributed by atoms with E-state index in [0.29, 0.717) is 18.1 Å². The Bertz CT molecular complexity index is 635. The van der Waals surface area contributed by atoms with E-state index in [1.165, 1.54) is 0 Å². The molecule has 0 saturated carbocycles. The van der Waals surface area contributed by atoms with Crippen LogP contribution in [0.15, 0.2) is 0 Å². The highest BCUT2D eigenvalue weighted by Gasteiger charge is 2.39. The summed E-state index contributed by atoms with van der Waals surface area (Å²) in [4.78, 5) is 1.87. The third-order valence-electron chi connectivity index (χ3n) is 3.97. The molecule has 3 unspecified atom stereocenters. The summed E-state index contributed by atoms with van der Waals surface area (Å²) in [5, 5.41) is 2.91. The molecular weight excluding hydrogens is 368 g/mol. The van der Waals surface area contributed by atoms with Gasteiger partial charge in [0.15, 0.2) is 24.8 Å². The van der Waals surface area contributed by atoms with E-state index in [1.807, 2.05) is 11.8 Å². The van der Waals surface area contributed by atoms with Crippen LogP contribution in [0.25, 0.3) is 0 Å². The number of alkyl halides is 1. The molecule has 0 bridgehead atoms. The molecule has 0 spiro atoms. The number of halogens is 1. The van der Waals surface area contributed by atoms with E-state index in [0.717, 1.165) is 6.42 Å². The second kappa shape index (κ2) is 6.78. The first kappa shape index (κ1) is 18.2. The summed E-state index contributed by atoms with van der Waals surface area (Å²) >= 11 is 11.5. The van der Waals surface area contributed by atoms with E-state index in [-0.39, 0.29) is 29.1 Å². The van der Waals surface area contributed by atoms with Crippen LogP contribution in [0, 0.1) is 0 Å². The number of thiocarbonyl (C=S) groups is 1. The van der Waals surface area contributed by atoms with Crippen LogP contribution in [0.1, 0.15) is 19.8 Å². The van der Waals surface area contributed by atoms with E-state index in [4.69, 9.17) is 23.8 Å². The van der Waals surface area contributed by atoms with E-state index >= 15 is 0 Å². The van der Waals surface area contributed by atoms with Crippen LogP contribution in [0.4, 0.5) is 0 Å². The minimum Gasteiger partial charge on any atom is -0.357 e. The third-order valence-corrected chi connectivity index (χ3v) is 8.44. The van der Waals surface area contributed by atoms with Crippen LogP contribution >= 0.6 is 23.8 Å². The fourth-order valence-electron chi connectivity index (χ4n) is 2.89. The van der Waals surface area contributed by atoms with Gasteiger partial charge in [0.2, 0.25) is 0 Å². The molecule has 22 heavy (non-hydrogen) atoms. The molecule has 2 fully saturated rings. The summed E-state index contributed by atoms with van der Waals surface area (Å²) in [6, 6.07) is -0.562. The highest BCUT2D eigenvalue weighted by molar-refractivity contribution is 7.92. The average Bonchev–Trinajstić information content (AvgIpc) is 2.85. The molecule has 2 rings (SSSR count). The Kier molecular flexibility index (Phi) is 5.62. The van der Waals surface area contributed by atoms with Crippen LogP contribution in [0.2, 0.25) is 0 Å². The Morgan fingerprint density at radius 2 is 1.91 bits per heavy atom. The summed E-state index contributed by atoms with van der Waals surface area (Å²) in [5.41, 5.74) is 0. The Morgan fingerprint density at radius 3 is 2.36 bits per heavy atom. The lowest BCUT2D eigenvalue weighted by molar-refractivity contribution is 0.327. The zero-order valence-electron chi connectivity index (χ0n) is 12.4. The Labute approximate surface area is 142 Å². The van der Waals surface area contributed by atoms with Crippen molar-refractivity contribution in [1.29, 1.82) is 0 Å². The molecule has 2 heterocycles. The summed E-state index contributed by atoms with van der Waals surface area (Å²) in [6.07, 6.45) is 1.38. The zero-order valence-corrected chi connectivity index (χ0v) is 15.6. The fourth-order valence-corrected chi connectivity index (χ4v) is 7.56. The van der Waals surface area contributed by atoms with Gasteiger partial charge in [0, 0.05) is 12.6 Å². The van der Waals surface area contributed by atoms with Gasteiger partial charge in [-0.05, 0) is 25.1 Å². The predicted molar refractivity (Wildman–Crippen MR) is 91.9 cm³/mol. The van der Waals surface area contributed by atoms with Gasteiger partial charge in [-0.1, -0.05) is 6.92 Å². The van der Waals surface area contributed by atoms with E-state index in [2.05, 4.69) is 5.32 Å². The van der Waals surface area contributed by atoms with Gasteiger partial charge >= 0.3 is 0 Å². The van der Waals surface area contributed by atoms with Gasteiger partial charge in [0.25, 0.3) is 0 Å². The van der Waals surface area contributed by atoms with Crippen LogP contribution < -0.4 is 5.32 Å². The van der Waals surface area contributed by atoms with Gasteiger partial charge in [-0.25, -0.2) is 16.8 Å². The normalized spacial score (nSPS) is 32.7. The highest BCUT2D eigenvalue weighted by atomic mass is 35.5. The van der Waals surface area contributed by atoms with E-state index in [1.54, 1.807) is 0 Å². The molecule has 2 saturated heterocycles. The maximum absolute atomic E-state index is 11.7. The van der Waals surface area contributed by atoms with Crippen LogP contribution in [0.5, 0.6) is 0 Å². The molecule has 3 atom stereocenters. The van der Waals surface area contributed by atoms with Crippen LogP contribution in [-0.4, -0.2) is 73.9 Å². The first-order valence-corrected chi connectivity index (χ1v) is 11.7. The molecular formula is C12H21ClN2O4S3. The number of sulfone groups is 2. The molecule has 2 aliphatic heterocycles. The first-order valence-electron chi connectivity index (χ1n) is 7.25. The van der Waals surface area contributed by atoms with Crippen LogP contribution in [0.3, 0.4) is 0 Å². The van der Waals surface area contributed by atoms with Gasteiger partial charge in [0.05, 0.1) is 34.4 Å². The summed E-state index contributed by atoms with van der Waals surface area (Å²) in [6.45, 7) is 2.63. The topological polar surface area (TPSA) is 83.6 Å². The second-order valence-corrected chi connectivity index (χ2v) is 11.2. The number of nitrogens with zero attached hydrogens (tertiary/aromatic N) is 1. The molecule has 128 valence electrons. The van der Waals surface area contributed by atoms with E-state index in [9.17, 15) is 16.8 Å². The Morgan fingerprint density at radius 1 is 1.23 bits per heavy atom. The lowest BCUT2D eigenvalue weighted by atomic mass is 10.2. The second-order valence-electron chi connectivity index (χ2n) is 5.90. The van der Waals surface area contributed by atoms with Crippen molar-refractivity contribution in [3.8, 4) is 0 Å². The van der Waals surface area contributed by atoms with Gasteiger partial charge in [0.1, 0.15) is 0 Å². The monoisotopic (exact) mass is 388 g/mol. The fraction of sp³-hybridized carbons (Fsp3) is 0.917.